The number of hydrogen-bond donors (Lipinski definition) is 0. The minimum absolute atomic E-state index is 0.473. The Morgan fingerprint density at radius 2 is 2.36 bits per heavy atom. The van der Waals surface area contributed by atoms with E-state index in [0.717, 1.165) is 5.56 Å². The van der Waals surface area contributed by atoms with Gasteiger partial charge in [0.05, 0.1) is 13.4 Å². The van der Waals surface area contributed by atoms with E-state index in [1.807, 2.05) is 0 Å². The van der Waals surface area contributed by atoms with Crippen LogP contribution in [-0.4, -0.2) is 12.1 Å². The average molecular weight is 153 g/mol. The highest BCUT2D eigenvalue weighted by atomic mass is 19.1. The van der Waals surface area contributed by atoms with Crippen molar-refractivity contribution in [1.82, 2.24) is 4.98 Å². The van der Waals surface area contributed by atoms with Gasteiger partial charge in [-0.25, -0.2) is 4.98 Å². The molecule has 0 saturated heterocycles. The Kier molecular flexibility index (Phi) is 2.60. The average Bonchev–Trinajstić information content (AvgIpc) is 2.04. The van der Waals surface area contributed by atoms with Crippen LogP contribution in [0.25, 0.3) is 6.08 Å². The molecular weight excluding hydrogens is 145 g/mol. The Bertz CT molecular complexity index is 243. The van der Waals surface area contributed by atoms with Gasteiger partial charge in [0.2, 0.25) is 5.95 Å². The third kappa shape index (κ3) is 2.37. The molecule has 3 heteroatoms. The number of nitrogens with zero attached hydrogens (tertiary/aromatic N) is 1. The maximum atomic E-state index is 12.2. The molecule has 0 radical (unpaired) electrons. The first-order chi connectivity index (χ1) is 5.33. The van der Waals surface area contributed by atoms with Crippen molar-refractivity contribution in [3.8, 4) is 0 Å². The van der Waals surface area contributed by atoms with E-state index in [-0.39, 0.29) is 0 Å². The second-order valence-electron chi connectivity index (χ2n) is 1.95. The summed E-state index contributed by atoms with van der Waals surface area (Å²) in [6, 6.07) is 2.92. The number of hydrogen-bond acceptors (Lipinski definition) is 2. The molecule has 1 aromatic rings. The normalized spacial score (nSPS) is 10.4. The highest BCUT2D eigenvalue weighted by molar-refractivity contribution is 5.45. The second-order valence-corrected chi connectivity index (χ2v) is 1.95. The van der Waals surface area contributed by atoms with Crippen molar-refractivity contribution in [1.29, 1.82) is 0 Å². The SMILES string of the molecule is COC=Cc1ccc(F)nc1. The first-order valence-corrected chi connectivity index (χ1v) is 3.14. The molecule has 0 spiro atoms. The Balaban J connectivity index is 2.73. The molecule has 0 aliphatic carbocycles. The molecule has 58 valence electrons. The molecule has 0 N–H and O–H groups in total. The fraction of sp³-hybridized carbons (Fsp3) is 0.125. The molecule has 0 amide bonds. The molecular formula is C8H8FNO. The summed E-state index contributed by atoms with van der Waals surface area (Å²) >= 11 is 0. The maximum Gasteiger partial charge on any atom is 0.212 e. The van der Waals surface area contributed by atoms with Crippen LogP contribution in [0.15, 0.2) is 24.6 Å². The van der Waals surface area contributed by atoms with Crippen molar-refractivity contribution in [3.63, 3.8) is 0 Å². The van der Waals surface area contributed by atoms with Gasteiger partial charge in [-0.15, -0.1) is 0 Å². The first kappa shape index (κ1) is 7.72. The Hall–Kier alpha value is -1.38. The lowest BCUT2D eigenvalue weighted by Crippen LogP contribution is -1.81. The topological polar surface area (TPSA) is 22.1 Å². The van der Waals surface area contributed by atoms with Crippen LogP contribution < -0.4 is 0 Å². The van der Waals surface area contributed by atoms with Crippen LogP contribution in [0.1, 0.15) is 5.56 Å². The largest absolute Gasteiger partial charge is 0.504 e. The summed E-state index contributed by atoms with van der Waals surface area (Å²) in [5.41, 5.74) is 0.813. The highest BCUT2D eigenvalue weighted by Gasteiger charge is 1.88. The number of pyridine rings is 1. The van der Waals surface area contributed by atoms with E-state index in [4.69, 9.17) is 0 Å². The van der Waals surface area contributed by atoms with Gasteiger partial charge < -0.3 is 4.74 Å². The number of ether oxygens (including phenoxy) is 1. The van der Waals surface area contributed by atoms with Crippen LogP contribution in [-0.2, 0) is 4.74 Å². The molecule has 1 aromatic heterocycles. The molecule has 0 aliphatic rings. The molecule has 0 bridgehead atoms. The van der Waals surface area contributed by atoms with Crippen LogP contribution in [0, 0.1) is 5.95 Å². The van der Waals surface area contributed by atoms with Gasteiger partial charge in [0, 0.05) is 6.20 Å². The van der Waals surface area contributed by atoms with E-state index < -0.39 is 5.95 Å². The van der Waals surface area contributed by atoms with E-state index in [9.17, 15) is 4.39 Å². The lowest BCUT2D eigenvalue weighted by Gasteiger charge is -1.90. The van der Waals surface area contributed by atoms with Crippen molar-refractivity contribution in [2.24, 2.45) is 0 Å². The van der Waals surface area contributed by atoms with Gasteiger partial charge in [-0.2, -0.15) is 4.39 Å². The molecule has 11 heavy (non-hydrogen) atoms. The fourth-order valence-corrected chi connectivity index (χ4v) is 0.632. The monoisotopic (exact) mass is 153 g/mol. The molecule has 1 heterocycles. The van der Waals surface area contributed by atoms with Gasteiger partial charge in [0.25, 0.3) is 0 Å². The summed E-state index contributed by atoms with van der Waals surface area (Å²) in [6.45, 7) is 0. The molecule has 2 nitrogen and oxygen atoms in total. The van der Waals surface area contributed by atoms with Gasteiger partial charge in [-0.1, -0.05) is 0 Å². The Morgan fingerprint density at radius 1 is 1.55 bits per heavy atom. The molecule has 0 unspecified atom stereocenters. The van der Waals surface area contributed by atoms with Gasteiger partial charge >= 0.3 is 0 Å². The van der Waals surface area contributed by atoms with Crippen molar-refractivity contribution < 1.29 is 9.13 Å². The summed E-state index contributed by atoms with van der Waals surface area (Å²) in [5.74, 6) is -0.473. The van der Waals surface area contributed by atoms with Crippen LogP contribution >= 0.6 is 0 Å². The summed E-state index contributed by atoms with van der Waals surface area (Å²) in [7, 11) is 1.55. The maximum absolute atomic E-state index is 12.2. The molecule has 0 fully saturated rings. The molecule has 0 aromatic carbocycles. The minimum atomic E-state index is -0.473. The van der Waals surface area contributed by atoms with Crippen LogP contribution in [0.2, 0.25) is 0 Å². The van der Waals surface area contributed by atoms with E-state index in [0.29, 0.717) is 0 Å². The van der Waals surface area contributed by atoms with Crippen LogP contribution in [0.5, 0.6) is 0 Å². The van der Waals surface area contributed by atoms with E-state index >= 15 is 0 Å². The third-order valence-electron chi connectivity index (χ3n) is 1.15. The molecule has 1 rings (SSSR count). The second kappa shape index (κ2) is 3.71. The highest BCUT2D eigenvalue weighted by Crippen LogP contribution is 2.00. The van der Waals surface area contributed by atoms with Gasteiger partial charge in [-0.05, 0) is 23.8 Å². The summed E-state index contributed by atoms with van der Waals surface area (Å²) in [4.78, 5) is 3.46. The van der Waals surface area contributed by atoms with Gasteiger partial charge in [-0.3, -0.25) is 0 Å². The van der Waals surface area contributed by atoms with E-state index in [2.05, 4.69) is 9.72 Å². The minimum Gasteiger partial charge on any atom is -0.504 e. The zero-order valence-corrected chi connectivity index (χ0v) is 6.12. The van der Waals surface area contributed by atoms with Crippen molar-refractivity contribution in [2.75, 3.05) is 7.11 Å². The molecule has 0 atom stereocenters. The summed E-state index contributed by atoms with van der Waals surface area (Å²) in [6.07, 6.45) is 4.65. The lowest BCUT2D eigenvalue weighted by molar-refractivity contribution is 0.341. The van der Waals surface area contributed by atoms with E-state index in [1.165, 1.54) is 18.5 Å². The van der Waals surface area contributed by atoms with Crippen molar-refractivity contribution >= 4 is 6.08 Å². The standard InChI is InChI=1S/C8H8FNO/c1-11-5-4-7-2-3-8(9)10-6-7/h2-6H,1H3. The third-order valence-corrected chi connectivity index (χ3v) is 1.15. The first-order valence-electron chi connectivity index (χ1n) is 3.14. The number of methoxy groups -OCH3 is 1. The predicted molar refractivity (Wildman–Crippen MR) is 40.2 cm³/mol. The zero-order chi connectivity index (χ0) is 8.10. The van der Waals surface area contributed by atoms with Gasteiger partial charge in [0.1, 0.15) is 0 Å². The predicted octanol–water partition coefficient (Wildman–Crippen LogP) is 1.84. The number of halogens is 1. The van der Waals surface area contributed by atoms with Crippen molar-refractivity contribution in [3.05, 3.63) is 36.1 Å². The Morgan fingerprint density at radius 3 is 2.91 bits per heavy atom. The number of aromatic nitrogens is 1. The van der Waals surface area contributed by atoms with E-state index in [1.54, 1.807) is 19.3 Å². The zero-order valence-electron chi connectivity index (χ0n) is 6.12. The van der Waals surface area contributed by atoms with Crippen LogP contribution in [0.3, 0.4) is 0 Å². The quantitative estimate of drug-likeness (QED) is 0.477. The van der Waals surface area contributed by atoms with Crippen LogP contribution in [0.4, 0.5) is 4.39 Å². The van der Waals surface area contributed by atoms with Crippen molar-refractivity contribution in [2.45, 2.75) is 0 Å². The summed E-state index contributed by atoms with van der Waals surface area (Å²) in [5, 5.41) is 0. The molecule has 0 aliphatic heterocycles. The Labute approximate surface area is 64.3 Å². The number of rotatable bonds is 2. The van der Waals surface area contributed by atoms with Gasteiger partial charge in [0.15, 0.2) is 0 Å². The lowest BCUT2D eigenvalue weighted by atomic mass is 10.3. The summed E-state index contributed by atoms with van der Waals surface area (Å²) < 4.78 is 16.9. The smallest absolute Gasteiger partial charge is 0.212 e. The molecule has 0 saturated carbocycles. The fourth-order valence-electron chi connectivity index (χ4n) is 0.632.